The van der Waals surface area contributed by atoms with Crippen molar-refractivity contribution in [1.82, 2.24) is 30.2 Å². The second-order valence-corrected chi connectivity index (χ2v) is 8.42. The summed E-state index contributed by atoms with van der Waals surface area (Å²) >= 11 is 1.33. The number of anilines is 3. The zero-order valence-corrected chi connectivity index (χ0v) is 19.3. The lowest BCUT2D eigenvalue weighted by molar-refractivity contribution is 0.250. The number of aryl methyl sites for hydroxylation is 1. The highest BCUT2D eigenvalue weighted by Crippen LogP contribution is 2.32. The van der Waals surface area contributed by atoms with Gasteiger partial charge < -0.3 is 15.6 Å². The molecule has 4 N–H and O–H groups in total. The Kier molecular flexibility index (Phi) is 6.40. The molecule has 3 heterocycles. The quantitative estimate of drug-likeness (QED) is 0.300. The molecule has 0 fully saturated rings. The van der Waals surface area contributed by atoms with Gasteiger partial charge in [0.15, 0.2) is 11.6 Å². The number of carbonyl (C=O) groups is 1. The Balaban J connectivity index is 1.69. The van der Waals surface area contributed by atoms with Crippen LogP contribution < -0.4 is 16.0 Å². The van der Waals surface area contributed by atoms with E-state index in [9.17, 15) is 9.18 Å². The molecule has 0 spiro atoms. The van der Waals surface area contributed by atoms with Crippen molar-refractivity contribution >= 4 is 46.3 Å². The highest BCUT2D eigenvalue weighted by molar-refractivity contribution is 7.98. The van der Waals surface area contributed by atoms with E-state index in [4.69, 9.17) is 0 Å². The zero-order chi connectivity index (χ0) is 23.5. The van der Waals surface area contributed by atoms with E-state index in [1.807, 2.05) is 27.0 Å². The number of amides is 2. The molecule has 33 heavy (non-hydrogen) atoms. The minimum Gasteiger partial charge on any atom is -0.356 e. The van der Waals surface area contributed by atoms with Crippen molar-refractivity contribution in [1.29, 1.82) is 0 Å². The largest absolute Gasteiger partial charge is 0.356 e. The number of nitrogens with zero attached hydrogens (tertiary/aromatic N) is 4. The van der Waals surface area contributed by atoms with Crippen molar-refractivity contribution < 1.29 is 9.18 Å². The van der Waals surface area contributed by atoms with Crippen LogP contribution in [0.2, 0.25) is 0 Å². The molecule has 4 aromatic rings. The van der Waals surface area contributed by atoms with Gasteiger partial charge in [0.25, 0.3) is 0 Å². The minimum absolute atomic E-state index is 0.0161. The third-order valence-corrected chi connectivity index (χ3v) is 5.53. The van der Waals surface area contributed by atoms with Gasteiger partial charge in [0, 0.05) is 28.9 Å². The summed E-state index contributed by atoms with van der Waals surface area (Å²) in [5.41, 5.74) is 3.59. The van der Waals surface area contributed by atoms with Crippen molar-refractivity contribution in [3.05, 3.63) is 48.3 Å². The molecule has 11 heteroatoms. The third kappa shape index (κ3) is 4.72. The summed E-state index contributed by atoms with van der Waals surface area (Å²) in [6, 6.07) is 4.74. The molecule has 0 aliphatic carbocycles. The van der Waals surface area contributed by atoms with E-state index in [0.29, 0.717) is 38.7 Å². The van der Waals surface area contributed by atoms with Crippen LogP contribution in [0.15, 0.2) is 41.8 Å². The summed E-state index contributed by atoms with van der Waals surface area (Å²) in [4.78, 5) is 33.3. The maximum atomic E-state index is 14.6. The molecule has 4 rings (SSSR count). The van der Waals surface area contributed by atoms with Gasteiger partial charge >= 0.3 is 6.03 Å². The first-order valence-electron chi connectivity index (χ1n) is 10.2. The van der Waals surface area contributed by atoms with E-state index in [2.05, 4.69) is 40.9 Å². The SMILES string of the molecule is CSc1cccc(Nc2ncc(C)c(-c3c[nH]c4c(NC(=O)NC(C)C)ncnc34)n2)c1F. The van der Waals surface area contributed by atoms with Gasteiger partial charge in [-0.25, -0.2) is 29.1 Å². The van der Waals surface area contributed by atoms with E-state index in [0.717, 1.165) is 5.56 Å². The maximum absolute atomic E-state index is 14.6. The lowest BCUT2D eigenvalue weighted by Gasteiger charge is -2.11. The number of hydrogen-bond donors (Lipinski definition) is 4. The Morgan fingerprint density at radius 1 is 1.21 bits per heavy atom. The predicted octanol–water partition coefficient (Wildman–Crippen LogP) is 4.86. The van der Waals surface area contributed by atoms with Crippen LogP contribution >= 0.6 is 11.8 Å². The van der Waals surface area contributed by atoms with Crippen molar-refractivity contribution in [3.63, 3.8) is 0 Å². The maximum Gasteiger partial charge on any atom is 0.320 e. The summed E-state index contributed by atoms with van der Waals surface area (Å²) in [7, 11) is 0. The molecule has 9 nitrogen and oxygen atoms in total. The van der Waals surface area contributed by atoms with Gasteiger partial charge in [-0.1, -0.05) is 6.07 Å². The standard InChI is InChI=1S/C22H23FN8OS/c1-11(2)28-22(32)31-20-19-18(26-10-27-20)13(9-24-19)17-12(3)8-25-21(30-17)29-14-6-5-7-15(33-4)16(14)23/h5-11,24H,1-4H3,(H,25,29,30)(H2,26,27,28,31,32). The fourth-order valence-corrected chi connectivity index (χ4v) is 3.78. The first-order valence-corrected chi connectivity index (χ1v) is 11.4. The molecule has 170 valence electrons. The zero-order valence-electron chi connectivity index (χ0n) is 18.5. The Bertz CT molecular complexity index is 1320. The molecule has 0 radical (unpaired) electrons. The van der Waals surface area contributed by atoms with Crippen LogP contribution in [-0.4, -0.2) is 43.2 Å². The monoisotopic (exact) mass is 466 g/mol. The molecule has 0 bridgehead atoms. The normalized spacial score (nSPS) is 11.1. The summed E-state index contributed by atoms with van der Waals surface area (Å²) < 4.78 is 14.6. The minimum atomic E-state index is -0.361. The molecule has 3 aromatic heterocycles. The number of thioether (sulfide) groups is 1. The van der Waals surface area contributed by atoms with Gasteiger partial charge in [0.05, 0.1) is 11.4 Å². The summed E-state index contributed by atoms with van der Waals surface area (Å²) in [6.45, 7) is 5.62. The molecular weight excluding hydrogens is 443 g/mol. The van der Waals surface area contributed by atoms with Crippen molar-refractivity contribution in [3.8, 4) is 11.3 Å². The number of H-pyrrole nitrogens is 1. The number of aromatic amines is 1. The molecule has 0 unspecified atom stereocenters. The Morgan fingerprint density at radius 3 is 2.79 bits per heavy atom. The Hall–Kier alpha value is -3.73. The van der Waals surface area contributed by atoms with E-state index in [1.54, 1.807) is 30.6 Å². The van der Waals surface area contributed by atoms with Crippen molar-refractivity contribution in [2.75, 3.05) is 16.9 Å². The van der Waals surface area contributed by atoms with Crippen LogP contribution in [0.1, 0.15) is 19.4 Å². The molecule has 0 saturated carbocycles. The molecule has 0 atom stereocenters. The first kappa shape index (κ1) is 22.5. The van der Waals surface area contributed by atoms with Gasteiger partial charge in [0.2, 0.25) is 5.95 Å². The number of rotatable bonds is 6. The number of halogens is 1. The third-order valence-electron chi connectivity index (χ3n) is 4.77. The highest BCUT2D eigenvalue weighted by atomic mass is 32.2. The lowest BCUT2D eigenvalue weighted by Crippen LogP contribution is -2.34. The molecule has 2 amide bonds. The number of fused-ring (bicyclic) bond motifs is 1. The van der Waals surface area contributed by atoms with Crippen LogP contribution in [0.4, 0.5) is 26.6 Å². The number of carbonyl (C=O) groups excluding carboxylic acids is 1. The first-order chi connectivity index (χ1) is 15.9. The van der Waals surface area contributed by atoms with E-state index < -0.39 is 0 Å². The molecule has 0 aliphatic rings. The van der Waals surface area contributed by atoms with Gasteiger partial charge in [-0.3, -0.25) is 5.32 Å². The highest BCUT2D eigenvalue weighted by Gasteiger charge is 2.17. The lowest BCUT2D eigenvalue weighted by atomic mass is 10.1. The van der Waals surface area contributed by atoms with Crippen LogP contribution in [0, 0.1) is 12.7 Å². The van der Waals surface area contributed by atoms with Crippen molar-refractivity contribution in [2.45, 2.75) is 31.7 Å². The Labute approximate surface area is 194 Å². The van der Waals surface area contributed by atoms with E-state index >= 15 is 0 Å². The van der Waals surface area contributed by atoms with E-state index in [1.165, 1.54) is 18.1 Å². The molecule has 0 saturated heterocycles. The van der Waals surface area contributed by atoms with Gasteiger partial charge in [-0.05, 0) is 44.7 Å². The average molecular weight is 467 g/mol. The fourth-order valence-electron chi connectivity index (χ4n) is 3.28. The van der Waals surface area contributed by atoms with Gasteiger partial charge in [-0.15, -0.1) is 11.8 Å². The van der Waals surface area contributed by atoms with E-state index in [-0.39, 0.29) is 23.8 Å². The number of benzene rings is 1. The number of urea groups is 1. The Morgan fingerprint density at radius 2 is 2.03 bits per heavy atom. The molecular formula is C22H23FN8OS. The van der Waals surface area contributed by atoms with Crippen LogP contribution in [0.3, 0.4) is 0 Å². The smallest absolute Gasteiger partial charge is 0.320 e. The topological polar surface area (TPSA) is 121 Å². The second-order valence-electron chi connectivity index (χ2n) is 7.57. The van der Waals surface area contributed by atoms with Crippen LogP contribution in [-0.2, 0) is 0 Å². The summed E-state index contributed by atoms with van der Waals surface area (Å²) in [5, 5.41) is 8.46. The van der Waals surface area contributed by atoms with Crippen LogP contribution in [0.5, 0.6) is 0 Å². The average Bonchev–Trinajstić information content (AvgIpc) is 3.21. The summed E-state index contributed by atoms with van der Waals surface area (Å²) in [6.07, 6.45) is 6.61. The summed E-state index contributed by atoms with van der Waals surface area (Å²) in [5.74, 6) is 0.252. The number of hydrogen-bond acceptors (Lipinski definition) is 7. The second kappa shape index (κ2) is 9.41. The van der Waals surface area contributed by atoms with Gasteiger partial charge in [-0.2, -0.15) is 0 Å². The van der Waals surface area contributed by atoms with Gasteiger partial charge in [0.1, 0.15) is 17.4 Å². The fraction of sp³-hybridized carbons (Fsp3) is 0.227. The molecule has 1 aromatic carbocycles. The molecule has 0 aliphatic heterocycles. The predicted molar refractivity (Wildman–Crippen MR) is 128 cm³/mol. The number of nitrogens with one attached hydrogen (secondary N) is 4. The van der Waals surface area contributed by atoms with Crippen LogP contribution in [0.25, 0.3) is 22.3 Å². The number of aromatic nitrogens is 5. The van der Waals surface area contributed by atoms with Crippen molar-refractivity contribution in [2.24, 2.45) is 0 Å².